The number of hydrogen-bond donors (Lipinski definition) is 1. The molecule has 0 spiro atoms. The van der Waals surface area contributed by atoms with Crippen molar-refractivity contribution in [2.45, 2.75) is 23.9 Å². The minimum absolute atomic E-state index is 0.845. The monoisotopic (exact) mass is 266 g/mol. The Morgan fingerprint density at radius 3 is 2.88 bits per heavy atom. The molecule has 0 saturated heterocycles. The number of aryl methyl sites for hydroxylation is 1. The van der Waals surface area contributed by atoms with E-state index in [9.17, 15) is 0 Å². The molecule has 0 aromatic carbocycles. The van der Waals surface area contributed by atoms with Crippen LogP contribution in [0.3, 0.4) is 0 Å². The average molecular weight is 266 g/mol. The van der Waals surface area contributed by atoms with E-state index in [-0.39, 0.29) is 0 Å². The summed E-state index contributed by atoms with van der Waals surface area (Å²) in [5.74, 6) is 2.65. The highest BCUT2D eigenvalue weighted by Gasteiger charge is 2.02. The highest BCUT2D eigenvalue weighted by molar-refractivity contribution is 8.00. The molecule has 1 N–H and O–H groups in total. The zero-order valence-electron chi connectivity index (χ0n) is 9.80. The first kappa shape index (κ1) is 12.3. The summed E-state index contributed by atoms with van der Waals surface area (Å²) in [6, 6.07) is 4.09. The van der Waals surface area contributed by atoms with E-state index in [1.165, 1.54) is 17.1 Å². The summed E-state index contributed by atoms with van der Waals surface area (Å²) < 4.78 is 5.16. The van der Waals surface area contributed by atoms with Crippen LogP contribution >= 0.6 is 23.3 Å². The quantitative estimate of drug-likeness (QED) is 0.843. The second kappa shape index (κ2) is 5.97. The van der Waals surface area contributed by atoms with Gasteiger partial charge in [-0.25, -0.2) is 9.97 Å². The second-order valence-electron chi connectivity index (χ2n) is 3.48. The Morgan fingerprint density at radius 1 is 1.41 bits per heavy atom. The van der Waals surface area contributed by atoms with Crippen molar-refractivity contribution in [1.29, 1.82) is 0 Å². The fraction of sp³-hybridized carbons (Fsp3) is 0.364. The molecule has 0 saturated carbocycles. The first-order valence-corrected chi connectivity index (χ1v) is 7.15. The van der Waals surface area contributed by atoms with Gasteiger partial charge < -0.3 is 5.32 Å². The van der Waals surface area contributed by atoms with Crippen LogP contribution in [0.4, 0.5) is 5.82 Å². The molecule has 0 aliphatic heterocycles. The molecule has 0 atom stereocenters. The van der Waals surface area contributed by atoms with E-state index in [1.807, 2.05) is 19.2 Å². The summed E-state index contributed by atoms with van der Waals surface area (Å²) in [5.41, 5.74) is 1.20. The van der Waals surface area contributed by atoms with Gasteiger partial charge in [0, 0.05) is 18.5 Å². The van der Waals surface area contributed by atoms with Gasteiger partial charge in [0.25, 0.3) is 0 Å². The van der Waals surface area contributed by atoms with Crippen molar-refractivity contribution in [1.82, 2.24) is 14.3 Å². The zero-order valence-corrected chi connectivity index (χ0v) is 11.4. The van der Waals surface area contributed by atoms with Crippen molar-refractivity contribution in [2.75, 3.05) is 11.9 Å². The van der Waals surface area contributed by atoms with Gasteiger partial charge in [-0.15, -0.1) is 0 Å². The Labute approximate surface area is 109 Å². The van der Waals surface area contributed by atoms with Crippen molar-refractivity contribution >= 4 is 29.1 Å². The number of hydrogen-bond acceptors (Lipinski definition) is 6. The minimum Gasteiger partial charge on any atom is -0.370 e. The number of nitrogens with zero attached hydrogens (tertiary/aromatic N) is 3. The maximum absolute atomic E-state index is 4.33. The Hall–Kier alpha value is -1.14. The molecule has 90 valence electrons. The third kappa shape index (κ3) is 3.67. The SMILES string of the molecule is CCNc1ccc(CSc2nc(C)ns2)cn1. The molecule has 0 aliphatic rings. The number of aromatic nitrogens is 3. The topological polar surface area (TPSA) is 50.7 Å². The Bertz CT molecular complexity index is 467. The lowest BCUT2D eigenvalue weighted by Crippen LogP contribution is -1.98. The van der Waals surface area contributed by atoms with Crippen molar-refractivity contribution in [3.05, 3.63) is 29.7 Å². The number of pyridine rings is 1. The number of rotatable bonds is 5. The van der Waals surface area contributed by atoms with Gasteiger partial charge in [0.1, 0.15) is 11.6 Å². The molecule has 2 aromatic heterocycles. The molecule has 0 fully saturated rings. The Morgan fingerprint density at radius 2 is 2.29 bits per heavy atom. The van der Waals surface area contributed by atoms with E-state index in [2.05, 4.69) is 32.6 Å². The summed E-state index contributed by atoms with van der Waals surface area (Å²) in [6.07, 6.45) is 1.90. The first-order valence-electron chi connectivity index (χ1n) is 5.40. The molecule has 17 heavy (non-hydrogen) atoms. The van der Waals surface area contributed by atoms with Gasteiger partial charge in [0.15, 0.2) is 4.34 Å². The van der Waals surface area contributed by atoms with E-state index in [0.29, 0.717) is 0 Å². The van der Waals surface area contributed by atoms with Crippen LogP contribution in [0.15, 0.2) is 22.7 Å². The van der Waals surface area contributed by atoms with Crippen LogP contribution in [0.25, 0.3) is 0 Å². The zero-order chi connectivity index (χ0) is 12.1. The summed E-state index contributed by atoms with van der Waals surface area (Å²) in [7, 11) is 0. The Balaban J connectivity index is 1.90. The van der Waals surface area contributed by atoms with Crippen LogP contribution in [-0.4, -0.2) is 20.9 Å². The number of nitrogens with one attached hydrogen (secondary N) is 1. The molecule has 0 aliphatic carbocycles. The lowest BCUT2D eigenvalue weighted by Gasteiger charge is -2.03. The first-order chi connectivity index (χ1) is 8.28. The number of thioether (sulfide) groups is 1. The normalized spacial score (nSPS) is 10.5. The fourth-order valence-electron chi connectivity index (χ4n) is 1.28. The summed E-state index contributed by atoms with van der Waals surface area (Å²) in [4.78, 5) is 8.64. The van der Waals surface area contributed by atoms with Crippen LogP contribution in [0.2, 0.25) is 0 Å². The third-order valence-electron chi connectivity index (χ3n) is 2.05. The van der Waals surface area contributed by atoms with Crippen LogP contribution in [0.1, 0.15) is 18.3 Å². The van der Waals surface area contributed by atoms with Gasteiger partial charge in [-0.3, -0.25) is 0 Å². The predicted octanol–water partition coefficient (Wildman–Crippen LogP) is 2.97. The highest BCUT2D eigenvalue weighted by atomic mass is 32.2. The summed E-state index contributed by atoms with van der Waals surface area (Å²) in [5, 5.41) is 3.17. The van der Waals surface area contributed by atoms with Gasteiger partial charge in [-0.05, 0) is 37.0 Å². The molecular formula is C11H14N4S2. The van der Waals surface area contributed by atoms with E-state index < -0.39 is 0 Å². The maximum Gasteiger partial charge on any atom is 0.170 e. The van der Waals surface area contributed by atoms with Gasteiger partial charge in [0.2, 0.25) is 0 Å². The standard InChI is InChI=1S/C11H14N4S2/c1-3-12-10-5-4-9(6-13-10)7-16-11-14-8(2)15-17-11/h4-6H,3,7H2,1-2H3,(H,12,13). The van der Waals surface area contributed by atoms with Crippen molar-refractivity contribution < 1.29 is 0 Å². The van der Waals surface area contributed by atoms with Crippen LogP contribution in [0, 0.1) is 6.92 Å². The van der Waals surface area contributed by atoms with Gasteiger partial charge in [0.05, 0.1) is 0 Å². The van der Waals surface area contributed by atoms with E-state index in [1.54, 1.807) is 11.8 Å². The van der Waals surface area contributed by atoms with Gasteiger partial charge >= 0.3 is 0 Å². The molecule has 2 heterocycles. The van der Waals surface area contributed by atoms with Crippen molar-refractivity contribution in [3.63, 3.8) is 0 Å². The predicted molar refractivity (Wildman–Crippen MR) is 72.6 cm³/mol. The molecule has 0 unspecified atom stereocenters. The molecule has 0 bridgehead atoms. The smallest absolute Gasteiger partial charge is 0.170 e. The Kier molecular flexibility index (Phi) is 4.33. The van der Waals surface area contributed by atoms with Crippen LogP contribution in [0.5, 0.6) is 0 Å². The number of anilines is 1. The largest absolute Gasteiger partial charge is 0.370 e. The van der Waals surface area contributed by atoms with E-state index >= 15 is 0 Å². The fourth-order valence-corrected chi connectivity index (χ4v) is 2.86. The van der Waals surface area contributed by atoms with Crippen LogP contribution in [-0.2, 0) is 5.75 Å². The molecular weight excluding hydrogens is 252 g/mol. The minimum atomic E-state index is 0.845. The molecule has 2 aromatic rings. The maximum atomic E-state index is 4.33. The molecule has 2 rings (SSSR count). The molecule has 0 radical (unpaired) electrons. The highest BCUT2D eigenvalue weighted by Crippen LogP contribution is 2.24. The van der Waals surface area contributed by atoms with E-state index in [4.69, 9.17) is 0 Å². The molecule has 0 amide bonds. The molecule has 4 nitrogen and oxygen atoms in total. The van der Waals surface area contributed by atoms with Crippen molar-refractivity contribution in [3.8, 4) is 0 Å². The lowest BCUT2D eigenvalue weighted by molar-refractivity contribution is 1.10. The van der Waals surface area contributed by atoms with Crippen molar-refractivity contribution in [2.24, 2.45) is 0 Å². The van der Waals surface area contributed by atoms with Gasteiger partial charge in [-0.2, -0.15) is 4.37 Å². The average Bonchev–Trinajstić information content (AvgIpc) is 2.75. The third-order valence-corrected chi connectivity index (χ3v) is 4.05. The summed E-state index contributed by atoms with van der Waals surface area (Å²) in [6.45, 7) is 4.86. The summed E-state index contributed by atoms with van der Waals surface area (Å²) >= 11 is 3.15. The van der Waals surface area contributed by atoms with E-state index in [0.717, 1.165) is 28.3 Å². The second-order valence-corrected chi connectivity index (χ2v) is 5.45. The van der Waals surface area contributed by atoms with Gasteiger partial charge in [-0.1, -0.05) is 17.8 Å². The molecule has 6 heteroatoms. The van der Waals surface area contributed by atoms with Crippen LogP contribution < -0.4 is 5.32 Å². The lowest BCUT2D eigenvalue weighted by atomic mass is 10.3.